The van der Waals surface area contributed by atoms with E-state index in [1.807, 2.05) is 0 Å². The van der Waals surface area contributed by atoms with Crippen LogP contribution in [0.2, 0.25) is 0 Å². The fourth-order valence-corrected chi connectivity index (χ4v) is 8.86. The monoisotopic (exact) mass is 596 g/mol. The Labute approximate surface area is 248 Å². The van der Waals surface area contributed by atoms with E-state index < -0.39 is 15.4 Å². The van der Waals surface area contributed by atoms with Crippen LogP contribution in [0, 0.1) is 0 Å². The summed E-state index contributed by atoms with van der Waals surface area (Å²) in [4.78, 5) is 0. The van der Waals surface area contributed by atoms with Gasteiger partial charge in [-0.2, -0.15) is 0 Å². The summed E-state index contributed by atoms with van der Waals surface area (Å²) in [5.74, 6) is 0. The third-order valence-corrected chi connectivity index (χ3v) is 10.7. The van der Waals surface area contributed by atoms with E-state index in [1.165, 1.54) is 42.2 Å². The molecule has 0 N–H and O–H groups in total. The Hall–Kier alpha value is -1.10. The van der Waals surface area contributed by atoms with E-state index in [4.69, 9.17) is 9.47 Å². The van der Waals surface area contributed by atoms with Gasteiger partial charge in [-0.15, -0.1) is 0 Å². The summed E-state index contributed by atoms with van der Waals surface area (Å²) in [6.45, 7) is 38.0. The molecule has 0 bridgehead atoms. The molecule has 0 heterocycles. The predicted octanol–water partition coefficient (Wildman–Crippen LogP) is 8.38. The Balaban J connectivity index is 2.96. The average Bonchev–Trinajstić information content (AvgIpc) is 2.73. The van der Waals surface area contributed by atoms with Crippen molar-refractivity contribution in [2.75, 3.05) is 0 Å². The van der Waals surface area contributed by atoms with Crippen LogP contribution in [-0.2, 0) is 44.3 Å². The Morgan fingerprint density at radius 3 is 1.05 bits per heavy atom. The summed E-state index contributed by atoms with van der Waals surface area (Å²) >= 11 is -0.703. The molecule has 0 aliphatic carbocycles. The Kier molecular flexibility index (Phi) is 10.9. The zero-order valence-electron chi connectivity index (χ0n) is 28.2. The van der Waals surface area contributed by atoms with Gasteiger partial charge in [0.05, 0.1) is 0 Å². The van der Waals surface area contributed by atoms with E-state index in [1.54, 1.807) is 0 Å². The van der Waals surface area contributed by atoms with E-state index in [2.05, 4.69) is 135 Å². The molecule has 0 aliphatic heterocycles. The van der Waals surface area contributed by atoms with Crippen LogP contribution in [0.15, 0.2) is 24.3 Å². The fraction of sp³-hybridized carbons (Fsp3) is 0.667. The third-order valence-electron chi connectivity index (χ3n) is 7.18. The first kappa shape index (κ1) is 34.1. The molecule has 2 nitrogen and oxygen atoms in total. The Bertz CT molecular complexity index is 1020. The van der Waals surface area contributed by atoms with Gasteiger partial charge in [-0.05, 0) is 0 Å². The van der Waals surface area contributed by atoms with Crippen molar-refractivity contribution < 1.29 is 9.47 Å². The van der Waals surface area contributed by atoms with Crippen molar-refractivity contribution in [2.24, 2.45) is 0 Å². The van der Waals surface area contributed by atoms with Crippen molar-refractivity contribution in [1.82, 2.24) is 0 Å². The van der Waals surface area contributed by atoms with Crippen molar-refractivity contribution in [1.29, 1.82) is 0 Å². The zero-order valence-corrected chi connectivity index (χ0v) is 30.3. The molecule has 0 atom stereocenters. The molecule has 39 heavy (non-hydrogen) atoms. The van der Waals surface area contributed by atoms with Crippen molar-refractivity contribution in [3.63, 3.8) is 0 Å². The molecule has 0 amide bonds. The van der Waals surface area contributed by atoms with Gasteiger partial charge >= 0.3 is 249 Å². The van der Waals surface area contributed by atoms with E-state index in [0.717, 1.165) is 0 Å². The van der Waals surface area contributed by atoms with Crippen molar-refractivity contribution in [3.8, 4) is 0 Å². The second kappa shape index (κ2) is 12.4. The Morgan fingerprint density at radius 2 is 0.821 bits per heavy atom. The topological polar surface area (TPSA) is 18.5 Å². The molecule has 2 aromatic carbocycles. The summed E-state index contributed by atoms with van der Waals surface area (Å²) < 4.78 is 15.7. The van der Waals surface area contributed by atoms with Gasteiger partial charge in [0.1, 0.15) is 0 Å². The normalized spacial score (nSPS) is 13.6. The average molecular weight is 595 g/mol. The molecular weight excluding hydrogens is 537 g/mol. The number of rotatable bonds is 8. The van der Waals surface area contributed by atoms with Crippen LogP contribution < -0.4 is 8.79 Å². The van der Waals surface area contributed by atoms with E-state index in [-0.39, 0.29) is 33.9 Å². The third kappa shape index (κ3) is 9.47. The van der Waals surface area contributed by atoms with Crippen LogP contribution in [-0.4, -0.2) is 27.6 Å². The van der Waals surface area contributed by atoms with Crippen LogP contribution in [0.3, 0.4) is 0 Å². The van der Waals surface area contributed by atoms with Gasteiger partial charge in [-0.25, -0.2) is 0 Å². The minimum absolute atomic E-state index is 0.0362. The summed E-state index contributed by atoms with van der Waals surface area (Å²) in [7, 11) is 0. The SMILES string of the molecule is CC(C)OCc1cc(C(C)(C)C)cc(C(C)(C)C)[c]1[Ge][c]1c(COC(C)C)cc(C(C)(C)C)cc1C(C)(C)C. The molecule has 0 saturated heterocycles. The number of benzene rings is 2. The van der Waals surface area contributed by atoms with E-state index in [0.29, 0.717) is 13.2 Å². The van der Waals surface area contributed by atoms with Gasteiger partial charge in [0.2, 0.25) is 0 Å². The summed E-state index contributed by atoms with van der Waals surface area (Å²) in [6.07, 6.45) is 0.390. The molecule has 0 saturated carbocycles. The molecule has 0 spiro atoms. The molecule has 0 fully saturated rings. The van der Waals surface area contributed by atoms with Crippen LogP contribution in [0.1, 0.15) is 144 Å². The first-order valence-electron chi connectivity index (χ1n) is 14.9. The van der Waals surface area contributed by atoms with Gasteiger partial charge in [0.25, 0.3) is 0 Å². The first-order chi connectivity index (χ1) is 17.5. The molecule has 2 aromatic rings. The van der Waals surface area contributed by atoms with Gasteiger partial charge in [0.15, 0.2) is 0 Å². The van der Waals surface area contributed by atoms with Crippen LogP contribution in [0.5, 0.6) is 0 Å². The molecule has 3 heteroatoms. The molecular formula is C36H58GeO2. The van der Waals surface area contributed by atoms with Crippen LogP contribution in [0.25, 0.3) is 0 Å². The standard InChI is InChI=1S/C36H58GeO2/c1-23(2)38-21-25-17-27(33(5,6)7)19-29(35(11,12)13)31(25)37-32-26(22-39-24(3)4)18-28(34(8,9)10)20-30(32)36(14,15)16/h17-20,23-24H,21-22H2,1-16H3. The van der Waals surface area contributed by atoms with E-state index >= 15 is 0 Å². The quantitative estimate of drug-likeness (QED) is 0.286. The molecule has 218 valence electrons. The van der Waals surface area contributed by atoms with Crippen molar-refractivity contribution >= 4 is 24.2 Å². The molecule has 2 radical (unpaired) electrons. The molecule has 0 unspecified atom stereocenters. The van der Waals surface area contributed by atoms with Gasteiger partial charge < -0.3 is 0 Å². The minimum atomic E-state index is -0.703. The fourth-order valence-electron chi connectivity index (χ4n) is 4.61. The maximum absolute atomic E-state index is 6.31. The van der Waals surface area contributed by atoms with E-state index in [9.17, 15) is 0 Å². The maximum atomic E-state index is 6.31. The molecule has 0 aromatic heterocycles. The number of hydrogen-bond acceptors (Lipinski definition) is 2. The predicted molar refractivity (Wildman–Crippen MR) is 173 cm³/mol. The number of hydrogen-bond donors (Lipinski definition) is 0. The first-order valence-corrected chi connectivity index (χ1v) is 17.0. The van der Waals surface area contributed by atoms with Gasteiger partial charge in [-0.1, -0.05) is 0 Å². The zero-order chi connectivity index (χ0) is 30.1. The van der Waals surface area contributed by atoms with Crippen molar-refractivity contribution in [2.45, 2.75) is 158 Å². The summed E-state index contributed by atoms with van der Waals surface area (Å²) in [6, 6.07) is 9.90. The Morgan fingerprint density at radius 1 is 0.513 bits per heavy atom. The van der Waals surface area contributed by atoms with Crippen LogP contribution >= 0.6 is 0 Å². The second-order valence-electron chi connectivity index (χ2n) is 16.0. The second-order valence-corrected chi connectivity index (χ2v) is 18.6. The van der Waals surface area contributed by atoms with Crippen molar-refractivity contribution in [3.05, 3.63) is 57.6 Å². The number of ether oxygens (including phenoxy) is 2. The molecule has 2 rings (SSSR count). The molecule has 0 aliphatic rings. The summed E-state index contributed by atoms with van der Waals surface area (Å²) in [5.41, 5.74) is 8.72. The summed E-state index contributed by atoms with van der Waals surface area (Å²) in [5, 5.41) is 0. The van der Waals surface area contributed by atoms with Gasteiger partial charge in [-0.3, -0.25) is 0 Å². The van der Waals surface area contributed by atoms with Gasteiger partial charge in [0, 0.05) is 0 Å². The van der Waals surface area contributed by atoms with Crippen LogP contribution in [0.4, 0.5) is 0 Å².